The second-order valence-corrected chi connectivity index (χ2v) is 8.97. The quantitative estimate of drug-likeness (QED) is 0.300. The lowest BCUT2D eigenvalue weighted by Crippen LogP contribution is -2.59. The second kappa shape index (κ2) is 12.1. The zero-order valence-corrected chi connectivity index (χ0v) is 21.5. The number of hydrogen-bond acceptors (Lipinski definition) is 9. The van der Waals surface area contributed by atoms with Crippen LogP contribution in [0, 0.1) is 0 Å². The van der Waals surface area contributed by atoms with Crippen molar-refractivity contribution >= 4 is 35.0 Å². The van der Waals surface area contributed by atoms with E-state index in [4.69, 9.17) is 9.47 Å². The molecule has 0 spiro atoms. The first-order chi connectivity index (χ1) is 19.5. The molecule has 0 radical (unpaired) electrons. The molecule has 4 N–H and O–H groups in total. The Bertz CT molecular complexity index is 1430. The van der Waals surface area contributed by atoms with E-state index in [1.807, 2.05) is 5.32 Å². The lowest BCUT2D eigenvalue weighted by molar-refractivity contribution is -0.242. The molecular weight excluding hydrogens is 549 g/mol. The minimum absolute atomic E-state index is 0.00520. The van der Waals surface area contributed by atoms with E-state index in [0.717, 1.165) is 6.07 Å². The number of halogens is 3. The Morgan fingerprint density at radius 2 is 1.90 bits per heavy atom. The summed E-state index contributed by atoms with van der Waals surface area (Å²) in [6.45, 7) is 0.0659. The van der Waals surface area contributed by atoms with Crippen molar-refractivity contribution in [2.45, 2.75) is 24.7 Å². The van der Waals surface area contributed by atoms with Crippen molar-refractivity contribution in [1.29, 1.82) is 0 Å². The van der Waals surface area contributed by atoms with Crippen LogP contribution in [0.5, 0.6) is 5.75 Å². The number of amides is 3. The van der Waals surface area contributed by atoms with Crippen molar-refractivity contribution in [3.63, 3.8) is 0 Å². The van der Waals surface area contributed by atoms with Crippen molar-refractivity contribution in [1.82, 2.24) is 20.6 Å². The van der Waals surface area contributed by atoms with E-state index in [1.165, 1.54) is 56.0 Å². The maximum Gasteiger partial charge on any atom is 0.418 e. The predicted octanol–water partition coefficient (Wildman–Crippen LogP) is 2.21. The highest BCUT2D eigenvalue weighted by molar-refractivity contribution is 6.00. The van der Waals surface area contributed by atoms with Crippen molar-refractivity contribution in [2.75, 3.05) is 31.0 Å². The van der Waals surface area contributed by atoms with Gasteiger partial charge in [0.15, 0.2) is 0 Å². The third kappa shape index (κ3) is 7.19. The number of carbonyl (C=O) groups is 3. The van der Waals surface area contributed by atoms with Gasteiger partial charge in [-0.2, -0.15) is 13.2 Å². The average molecular weight is 574 g/mol. The summed E-state index contributed by atoms with van der Waals surface area (Å²) in [6, 6.07) is 7.81. The summed E-state index contributed by atoms with van der Waals surface area (Å²) >= 11 is 0. The van der Waals surface area contributed by atoms with E-state index < -0.39 is 35.2 Å². The number of benzene rings is 1. The third-order valence-electron chi connectivity index (χ3n) is 6.12. The number of ether oxygens (including phenoxy) is 2. The fraction of sp³-hybridized carbons (Fsp3) is 0.269. The van der Waals surface area contributed by atoms with Gasteiger partial charge in [0.25, 0.3) is 5.91 Å². The topological polar surface area (TPSA) is 167 Å². The van der Waals surface area contributed by atoms with Gasteiger partial charge in [-0.3, -0.25) is 19.6 Å². The summed E-state index contributed by atoms with van der Waals surface area (Å²) < 4.78 is 50.7. The number of nitrogens with zero attached hydrogens (tertiary/aromatic N) is 2. The largest absolute Gasteiger partial charge is 0.530 e. The Balaban J connectivity index is 1.40. The molecule has 3 aromatic rings. The van der Waals surface area contributed by atoms with Crippen LogP contribution in [0.3, 0.4) is 0 Å². The van der Waals surface area contributed by atoms with E-state index >= 15 is 0 Å². The van der Waals surface area contributed by atoms with Gasteiger partial charge in [0, 0.05) is 19.2 Å². The highest BCUT2D eigenvalue weighted by Gasteiger charge is 2.44. The summed E-state index contributed by atoms with van der Waals surface area (Å²) in [5, 5.41) is 20.8. The van der Waals surface area contributed by atoms with Crippen LogP contribution in [0.4, 0.5) is 35.0 Å². The first-order valence-corrected chi connectivity index (χ1v) is 12.1. The molecular formula is C26H24F3N6O6-. The molecule has 3 heterocycles. The first kappa shape index (κ1) is 29.1. The normalized spacial score (nSPS) is 16.5. The van der Waals surface area contributed by atoms with Gasteiger partial charge in [-0.25, -0.2) is 0 Å². The number of carboxylic acid groups (broad SMARTS) is 1. The van der Waals surface area contributed by atoms with Gasteiger partial charge in [0.2, 0.25) is 5.91 Å². The molecule has 1 atom stereocenters. The van der Waals surface area contributed by atoms with Crippen LogP contribution < -0.4 is 31.1 Å². The average Bonchev–Trinajstić information content (AvgIpc) is 3.41. The van der Waals surface area contributed by atoms with Gasteiger partial charge in [-0.15, -0.1) is 0 Å². The maximum atomic E-state index is 13.5. The molecule has 15 heteroatoms. The van der Waals surface area contributed by atoms with E-state index in [2.05, 4.69) is 25.9 Å². The predicted molar refractivity (Wildman–Crippen MR) is 136 cm³/mol. The molecule has 2 aromatic heterocycles. The Labute approximate surface area is 231 Å². The summed E-state index contributed by atoms with van der Waals surface area (Å²) in [6.07, 6.45) is -2.30. The molecule has 1 aliphatic heterocycles. The van der Waals surface area contributed by atoms with Crippen LogP contribution in [0.2, 0.25) is 0 Å². The smallest absolute Gasteiger partial charge is 0.418 e. The van der Waals surface area contributed by atoms with Crippen LogP contribution in [-0.2, 0) is 22.3 Å². The molecule has 0 unspecified atom stereocenters. The lowest BCUT2D eigenvalue weighted by atomic mass is 9.96. The van der Waals surface area contributed by atoms with Crippen LogP contribution in [-0.4, -0.2) is 53.7 Å². The molecule has 1 aliphatic rings. The van der Waals surface area contributed by atoms with Crippen molar-refractivity contribution < 1.29 is 42.1 Å². The van der Waals surface area contributed by atoms with Gasteiger partial charge < -0.3 is 40.6 Å². The Hall–Kier alpha value is -4.92. The molecule has 1 saturated heterocycles. The van der Waals surface area contributed by atoms with E-state index in [-0.39, 0.29) is 54.6 Å². The molecule has 0 saturated carbocycles. The number of methoxy groups -OCH3 is 1. The molecule has 1 fully saturated rings. The van der Waals surface area contributed by atoms with Crippen molar-refractivity contribution in [3.05, 3.63) is 71.8 Å². The van der Waals surface area contributed by atoms with Crippen molar-refractivity contribution in [3.8, 4) is 5.75 Å². The zero-order chi connectivity index (χ0) is 29.6. The van der Waals surface area contributed by atoms with Gasteiger partial charge in [0.05, 0.1) is 66.5 Å². The van der Waals surface area contributed by atoms with Gasteiger partial charge in [-0.1, -0.05) is 0 Å². The number of alkyl halides is 3. The van der Waals surface area contributed by atoms with Crippen LogP contribution in [0.1, 0.15) is 28.0 Å². The zero-order valence-electron chi connectivity index (χ0n) is 21.5. The molecule has 4 rings (SSSR count). The highest BCUT2D eigenvalue weighted by Crippen LogP contribution is 2.38. The third-order valence-corrected chi connectivity index (χ3v) is 6.12. The number of hydrogen-bond donors (Lipinski definition) is 4. The molecule has 0 bridgehead atoms. The monoisotopic (exact) mass is 573 g/mol. The number of carbonyl (C=O) groups excluding carboxylic acids is 3. The van der Waals surface area contributed by atoms with E-state index in [0.29, 0.717) is 5.69 Å². The van der Waals surface area contributed by atoms with Gasteiger partial charge in [0.1, 0.15) is 17.4 Å². The number of rotatable bonds is 9. The SMILES string of the molecule is COc1ccc(Nc2ccc(CNC(=O)[C@]3(NC(=O)c4cncc(NC(=O)[O-])c4)CCOC3)nc2)c(C(F)(F)F)c1. The van der Waals surface area contributed by atoms with E-state index in [9.17, 15) is 32.7 Å². The van der Waals surface area contributed by atoms with Gasteiger partial charge >= 0.3 is 6.18 Å². The molecule has 216 valence electrons. The Kier molecular flexibility index (Phi) is 8.56. The highest BCUT2D eigenvalue weighted by atomic mass is 19.4. The minimum Gasteiger partial charge on any atom is -0.530 e. The number of nitrogens with one attached hydrogen (secondary N) is 4. The summed E-state index contributed by atoms with van der Waals surface area (Å²) in [4.78, 5) is 44.8. The molecule has 12 nitrogen and oxygen atoms in total. The lowest BCUT2D eigenvalue weighted by Gasteiger charge is -2.27. The molecule has 41 heavy (non-hydrogen) atoms. The Morgan fingerprint density at radius 3 is 2.54 bits per heavy atom. The summed E-state index contributed by atoms with van der Waals surface area (Å²) in [7, 11) is 1.27. The number of pyridine rings is 2. The van der Waals surface area contributed by atoms with E-state index in [1.54, 1.807) is 0 Å². The fourth-order valence-electron chi connectivity index (χ4n) is 4.03. The first-order valence-electron chi connectivity index (χ1n) is 12.1. The van der Waals surface area contributed by atoms with Crippen molar-refractivity contribution in [2.24, 2.45) is 0 Å². The van der Waals surface area contributed by atoms with Crippen LogP contribution in [0.15, 0.2) is 55.0 Å². The number of anilines is 3. The Morgan fingerprint density at radius 1 is 1.10 bits per heavy atom. The molecule has 0 aliphatic carbocycles. The van der Waals surface area contributed by atoms with Crippen LogP contribution >= 0.6 is 0 Å². The minimum atomic E-state index is -4.62. The molecule has 3 amide bonds. The maximum absolute atomic E-state index is 13.5. The van der Waals surface area contributed by atoms with Gasteiger partial charge in [-0.05, 0) is 36.4 Å². The van der Waals surface area contributed by atoms with Crippen LogP contribution in [0.25, 0.3) is 0 Å². The standard InChI is InChI=1S/C26H25F3N6O6/c1-40-19-4-5-21(20(9-19)26(27,28)29)33-17-3-2-16(31-13-17)12-32-23(37)25(6-7-41-14-25)35-22(36)15-8-18(11-30-10-15)34-24(38)39/h2-5,8-11,13,33-34H,6-7,12,14H2,1H3,(H,32,37)(H,35,36)(H,38,39)/p-1/t25-/m0/s1. The second-order valence-electron chi connectivity index (χ2n) is 8.97. The summed E-state index contributed by atoms with van der Waals surface area (Å²) in [5.74, 6) is -1.16. The number of aromatic nitrogens is 2. The summed E-state index contributed by atoms with van der Waals surface area (Å²) in [5.41, 5.74) is -1.78. The molecule has 1 aromatic carbocycles. The fourth-order valence-corrected chi connectivity index (χ4v) is 4.03.